The molecule has 24 heavy (non-hydrogen) atoms. The molecule has 1 atom stereocenters. The van der Waals surface area contributed by atoms with Gasteiger partial charge in [-0.15, -0.1) is 0 Å². The minimum absolute atomic E-state index is 0.0818. The van der Waals surface area contributed by atoms with Crippen molar-refractivity contribution in [3.05, 3.63) is 47.3 Å². The molecule has 2 aromatic rings. The molecule has 0 bridgehead atoms. The number of rotatable bonds is 5. The third-order valence-corrected chi connectivity index (χ3v) is 5.02. The SMILES string of the molecule is Cc1cc(C2CCC2)nc(NCC[C@H]2C(=O)Nc3ccccc32)n1. The molecule has 1 aromatic heterocycles. The maximum absolute atomic E-state index is 12.1. The molecular formula is C19H22N4O. The van der Waals surface area contributed by atoms with Gasteiger partial charge in [-0.2, -0.15) is 0 Å². The number of para-hydroxylation sites is 1. The van der Waals surface area contributed by atoms with Gasteiger partial charge in [0.05, 0.1) is 5.92 Å². The van der Waals surface area contributed by atoms with Gasteiger partial charge >= 0.3 is 0 Å². The number of carbonyl (C=O) groups excluding carboxylic acids is 1. The summed E-state index contributed by atoms with van der Waals surface area (Å²) in [5.74, 6) is 1.27. The Morgan fingerprint density at radius 2 is 2.08 bits per heavy atom. The number of aryl methyl sites for hydroxylation is 1. The minimum Gasteiger partial charge on any atom is -0.354 e. The lowest BCUT2D eigenvalue weighted by Gasteiger charge is -2.25. The number of anilines is 2. The van der Waals surface area contributed by atoms with Crippen molar-refractivity contribution in [1.82, 2.24) is 9.97 Å². The van der Waals surface area contributed by atoms with Crippen LogP contribution in [0, 0.1) is 6.92 Å². The number of nitrogens with zero attached hydrogens (tertiary/aromatic N) is 2. The molecule has 1 amide bonds. The molecule has 0 radical (unpaired) electrons. The first-order valence-electron chi connectivity index (χ1n) is 8.70. The summed E-state index contributed by atoms with van der Waals surface area (Å²) >= 11 is 0. The Morgan fingerprint density at radius 1 is 1.25 bits per heavy atom. The van der Waals surface area contributed by atoms with Crippen molar-refractivity contribution in [3.8, 4) is 0 Å². The predicted molar refractivity (Wildman–Crippen MR) is 94.3 cm³/mol. The van der Waals surface area contributed by atoms with Gasteiger partial charge in [-0.1, -0.05) is 24.6 Å². The number of benzene rings is 1. The highest BCUT2D eigenvalue weighted by atomic mass is 16.2. The lowest BCUT2D eigenvalue weighted by atomic mass is 9.83. The van der Waals surface area contributed by atoms with Crippen LogP contribution in [0.1, 0.15) is 54.5 Å². The van der Waals surface area contributed by atoms with Crippen LogP contribution in [0.25, 0.3) is 0 Å². The molecule has 1 aromatic carbocycles. The number of carbonyl (C=O) groups is 1. The van der Waals surface area contributed by atoms with Crippen molar-refractivity contribution in [2.45, 2.75) is 44.4 Å². The normalized spacial score (nSPS) is 19.5. The fourth-order valence-electron chi connectivity index (χ4n) is 3.48. The van der Waals surface area contributed by atoms with E-state index in [0.29, 0.717) is 18.4 Å². The Kier molecular flexibility index (Phi) is 3.92. The van der Waals surface area contributed by atoms with Gasteiger partial charge in [-0.25, -0.2) is 9.97 Å². The lowest BCUT2D eigenvalue weighted by molar-refractivity contribution is -0.117. The summed E-state index contributed by atoms with van der Waals surface area (Å²) in [6.07, 6.45) is 4.50. The van der Waals surface area contributed by atoms with Crippen LogP contribution in [0.4, 0.5) is 11.6 Å². The average molecular weight is 322 g/mol. The van der Waals surface area contributed by atoms with Crippen LogP contribution in [0.2, 0.25) is 0 Å². The molecule has 5 heteroatoms. The molecule has 1 fully saturated rings. The molecule has 5 nitrogen and oxygen atoms in total. The van der Waals surface area contributed by atoms with Gasteiger partial charge in [0.15, 0.2) is 0 Å². The van der Waals surface area contributed by atoms with E-state index in [9.17, 15) is 4.79 Å². The van der Waals surface area contributed by atoms with E-state index in [2.05, 4.69) is 26.7 Å². The van der Waals surface area contributed by atoms with Crippen LogP contribution >= 0.6 is 0 Å². The zero-order chi connectivity index (χ0) is 16.5. The number of fused-ring (bicyclic) bond motifs is 1. The van der Waals surface area contributed by atoms with Crippen LogP contribution < -0.4 is 10.6 Å². The van der Waals surface area contributed by atoms with Crippen LogP contribution in [-0.4, -0.2) is 22.4 Å². The molecule has 2 aliphatic rings. The smallest absolute Gasteiger partial charge is 0.232 e. The van der Waals surface area contributed by atoms with Crippen molar-refractivity contribution in [2.24, 2.45) is 0 Å². The average Bonchev–Trinajstić information content (AvgIpc) is 2.81. The highest BCUT2D eigenvalue weighted by Crippen LogP contribution is 2.36. The highest BCUT2D eigenvalue weighted by molar-refractivity contribution is 6.02. The maximum Gasteiger partial charge on any atom is 0.232 e. The lowest BCUT2D eigenvalue weighted by Crippen LogP contribution is -2.17. The topological polar surface area (TPSA) is 66.9 Å². The minimum atomic E-state index is -0.0930. The van der Waals surface area contributed by atoms with Crippen molar-refractivity contribution in [2.75, 3.05) is 17.2 Å². The van der Waals surface area contributed by atoms with Crippen LogP contribution in [0.15, 0.2) is 30.3 Å². The molecule has 1 aliphatic heterocycles. The monoisotopic (exact) mass is 322 g/mol. The second-order valence-corrected chi connectivity index (χ2v) is 6.73. The standard InChI is InChI=1S/C19H22N4O/c1-12-11-17(13-5-4-6-13)23-19(21-12)20-10-9-15-14-7-2-3-8-16(14)22-18(15)24/h2-3,7-8,11,13,15H,4-6,9-10H2,1H3,(H,22,24)(H,20,21,23)/t15-/m1/s1. The number of nitrogens with one attached hydrogen (secondary N) is 2. The molecule has 1 aliphatic carbocycles. The largest absolute Gasteiger partial charge is 0.354 e. The summed E-state index contributed by atoms with van der Waals surface area (Å²) in [4.78, 5) is 21.3. The van der Waals surface area contributed by atoms with Crippen LogP contribution in [-0.2, 0) is 4.79 Å². The van der Waals surface area contributed by atoms with E-state index in [1.54, 1.807) is 0 Å². The number of hydrogen-bond donors (Lipinski definition) is 2. The zero-order valence-electron chi connectivity index (χ0n) is 13.9. The molecule has 0 spiro atoms. The van der Waals surface area contributed by atoms with Gasteiger partial charge in [0.25, 0.3) is 0 Å². The van der Waals surface area contributed by atoms with E-state index in [-0.39, 0.29) is 11.8 Å². The van der Waals surface area contributed by atoms with E-state index in [0.717, 1.165) is 29.1 Å². The summed E-state index contributed by atoms with van der Waals surface area (Å²) in [6.45, 7) is 2.69. The van der Waals surface area contributed by atoms with Gasteiger partial charge in [0, 0.05) is 29.5 Å². The fraction of sp³-hybridized carbons (Fsp3) is 0.421. The summed E-state index contributed by atoms with van der Waals surface area (Å²) in [7, 11) is 0. The van der Waals surface area contributed by atoms with Gasteiger partial charge in [0.1, 0.15) is 0 Å². The molecule has 2 N–H and O–H groups in total. The number of amides is 1. The molecular weight excluding hydrogens is 300 g/mol. The van der Waals surface area contributed by atoms with E-state index in [1.807, 2.05) is 31.2 Å². The van der Waals surface area contributed by atoms with E-state index >= 15 is 0 Å². The third-order valence-electron chi connectivity index (χ3n) is 5.02. The maximum atomic E-state index is 12.1. The van der Waals surface area contributed by atoms with Crippen LogP contribution in [0.3, 0.4) is 0 Å². The Balaban J connectivity index is 1.41. The van der Waals surface area contributed by atoms with Gasteiger partial charge < -0.3 is 10.6 Å². The Hall–Kier alpha value is -2.43. The first-order chi connectivity index (χ1) is 11.7. The summed E-state index contributed by atoms with van der Waals surface area (Å²) < 4.78 is 0. The second kappa shape index (κ2) is 6.23. The molecule has 0 saturated heterocycles. The number of aromatic nitrogens is 2. The number of hydrogen-bond acceptors (Lipinski definition) is 4. The first-order valence-corrected chi connectivity index (χ1v) is 8.70. The molecule has 124 valence electrons. The van der Waals surface area contributed by atoms with Crippen molar-refractivity contribution in [1.29, 1.82) is 0 Å². The summed E-state index contributed by atoms with van der Waals surface area (Å²) in [5, 5.41) is 6.25. The second-order valence-electron chi connectivity index (χ2n) is 6.73. The van der Waals surface area contributed by atoms with Crippen LogP contribution in [0.5, 0.6) is 0 Å². The van der Waals surface area contributed by atoms with Gasteiger partial charge in [-0.3, -0.25) is 4.79 Å². The fourth-order valence-corrected chi connectivity index (χ4v) is 3.48. The third kappa shape index (κ3) is 2.86. The predicted octanol–water partition coefficient (Wildman–Crippen LogP) is 3.59. The van der Waals surface area contributed by atoms with E-state index < -0.39 is 0 Å². The first kappa shape index (κ1) is 15.1. The van der Waals surface area contributed by atoms with Crippen molar-refractivity contribution >= 4 is 17.5 Å². The Morgan fingerprint density at radius 3 is 2.88 bits per heavy atom. The molecule has 0 unspecified atom stereocenters. The van der Waals surface area contributed by atoms with E-state index in [1.165, 1.54) is 19.3 Å². The zero-order valence-corrected chi connectivity index (χ0v) is 13.9. The van der Waals surface area contributed by atoms with Crippen molar-refractivity contribution < 1.29 is 4.79 Å². The highest BCUT2D eigenvalue weighted by Gasteiger charge is 2.29. The van der Waals surface area contributed by atoms with E-state index in [4.69, 9.17) is 0 Å². The summed E-state index contributed by atoms with van der Waals surface area (Å²) in [5.41, 5.74) is 4.18. The van der Waals surface area contributed by atoms with Gasteiger partial charge in [-0.05, 0) is 43.9 Å². The Labute approximate surface area is 141 Å². The quantitative estimate of drug-likeness (QED) is 0.883. The molecule has 4 rings (SSSR count). The van der Waals surface area contributed by atoms with Crippen molar-refractivity contribution in [3.63, 3.8) is 0 Å². The molecule has 2 heterocycles. The molecule has 1 saturated carbocycles. The Bertz CT molecular complexity index is 770. The van der Waals surface area contributed by atoms with Gasteiger partial charge in [0.2, 0.25) is 11.9 Å². The summed E-state index contributed by atoms with van der Waals surface area (Å²) in [6, 6.07) is 10.00.